The maximum Gasteiger partial charge on any atom is 0.0361 e. The summed E-state index contributed by atoms with van der Waals surface area (Å²) >= 11 is 2.38. The van der Waals surface area contributed by atoms with Crippen LogP contribution < -0.4 is 4.90 Å². The Balaban J connectivity index is 2.39. The largest absolute Gasteiger partial charge is 0.378 e. The van der Waals surface area contributed by atoms with Crippen LogP contribution in [0.2, 0.25) is 0 Å². The molecule has 0 radical (unpaired) electrons. The third kappa shape index (κ3) is 2.38. The van der Waals surface area contributed by atoms with E-state index in [2.05, 4.69) is 90.1 Å². The molecule has 0 aliphatic rings. The van der Waals surface area contributed by atoms with Crippen LogP contribution in [0.5, 0.6) is 0 Å². The summed E-state index contributed by atoms with van der Waals surface area (Å²) < 4.78 is 1.29. The van der Waals surface area contributed by atoms with E-state index in [4.69, 9.17) is 0 Å². The van der Waals surface area contributed by atoms with Crippen molar-refractivity contribution in [2.75, 3.05) is 19.0 Å². The molecule has 0 heterocycles. The third-order valence-electron chi connectivity index (χ3n) is 2.57. The van der Waals surface area contributed by atoms with Crippen molar-refractivity contribution >= 4 is 28.3 Å². The van der Waals surface area contributed by atoms with Gasteiger partial charge in [0.1, 0.15) is 0 Å². The average Bonchev–Trinajstić information content (AvgIpc) is 2.30. The lowest BCUT2D eigenvalue weighted by Crippen LogP contribution is -2.07. The van der Waals surface area contributed by atoms with Gasteiger partial charge in [-0.3, -0.25) is 0 Å². The number of rotatable bonds is 2. The lowest BCUT2D eigenvalue weighted by atomic mass is 10.1. The van der Waals surface area contributed by atoms with E-state index in [1.54, 1.807) is 0 Å². The van der Waals surface area contributed by atoms with Gasteiger partial charge < -0.3 is 4.90 Å². The van der Waals surface area contributed by atoms with E-state index in [-0.39, 0.29) is 0 Å². The molecule has 1 nitrogen and oxygen atoms in total. The van der Waals surface area contributed by atoms with Crippen LogP contribution in [-0.2, 0) is 0 Å². The highest BCUT2D eigenvalue weighted by Crippen LogP contribution is 2.26. The highest BCUT2D eigenvalue weighted by Gasteiger charge is 2.02. The van der Waals surface area contributed by atoms with Gasteiger partial charge in [-0.1, -0.05) is 30.3 Å². The SMILES string of the molecule is CN(C)c1ccc(-c2ccccc2I)cc1. The Kier molecular flexibility index (Phi) is 3.49. The lowest BCUT2D eigenvalue weighted by Gasteiger charge is -2.13. The van der Waals surface area contributed by atoms with Gasteiger partial charge in [0.2, 0.25) is 0 Å². The van der Waals surface area contributed by atoms with Crippen molar-refractivity contribution in [3.05, 3.63) is 52.1 Å². The Morgan fingerprint density at radius 1 is 0.875 bits per heavy atom. The van der Waals surface area contributed by atoms with Gasteiger partial charge in [-0.2, -0.15) is 0 Å². The maximum atomic E-state index is 2.38. The maximum absolute atomic E-state index is 2.38. The van der Waals surface area contributed by atoms with Crippen LogP contribution in [0.15, 0.2) is 48.5 Å². The lowest BCUT2D eigenvalue weighted by molar-refractivity contribution is 1.13. The molecule has 0 fully saturated rings. The van der Waals surface area contributed by atoms with Crippen molar-refractivity contribution in [2.24, 2.45) is 0 Å². The summed E-state index contributed by atoms with van der Waals surface area (Å²) in [6.45, 7) is 0. The van der Waals surface area contributed by atoms with Gasteiger partial charge in [-0.05, 0) is 51.9 Å². The van der Waals surface area contributed by atoms with Crippen LogP contribution in [0.4, 0.5) is 5.69 Å². The Bertz CT molecular complexity index is 474. The number of nitrogens with zero attached hydrogens (tertiary/aromatic N) is 1. The van der Waals surface area contributed by atoms with Gasteiger partial charge >= 0.3 is 0 Å². The fraction of sp³-hybridized carbons (Fsp3) is 0.143. The van der Waals surface area contributed by atoms with Crippen molar-refractivity contribution in [2.45, 2.75) is 0 Å². The molecule has 2 aromatic rings. The van der Waals surface area contributed by atoms with E-state index in [1.165, 1.54) is 20.4 Å². The molecule has 0 spiro atoms. The highest BCUT2D eigenvalue weighted by atomic mass is 127. The fourth-order valence-electron chi connectivity index (χ4n) is 1.63. The average molecular weight is 323 g/mol. The normalized spacial score (nSPS) is 10.2. The van der Waals surface area contributed by atoms with Crippen LogP contribution in [-0.4, -0.2) is 14.1 Å². The molecular weight excluding hydrogens is 309 g/mol. The van der Waals surface area contributed by atoms with Crippen molar-refractivity contribution < 1.29 is 0 Å². The number of benzene rings is 2. The summed E-state index contributed by atoms with van der Waals surface area (Å²) in [5.41, 5.74) is 3.80. The van der Waals surface area contributed by atoms with E-state index in [0.717, 1.165) is 0 Å². The molecule has 0 amide bonds. The highest BCUT2D eigenvalue weighted by molar-refractivity contribution is 14.1. The minimum atomic E-state index is 1.23. The molecule has 0 N–H and O–H groups in total. The predicted molar refractivity (Wildman–Crippen MR) is 78.9 cm³/mol. The van der Waals surface area contributed by atoms with Crippen LogP contribution in [0.1, 0.15) is 0 Å². The molecule has 2 rings (SSSR count). The van der Waals surface area contributed by atoms with Crippen LogP contribution in [0.3, 0.4) is 0 Å². The van der Waals surface area contributed by atoms with E-state index in [1.807, 2.05) is 0 Å². The van der Waals surface area contributed by atoms with Crippen LogP contribution in [0.25, 0.3) is 11.1 Å². The second kappa shape index (κ2) is 4.87. The van der Waals surface area contributed by atoms with Gasteiger partial charge in [0.05, 0.1) is 0 Å². The Labute approximate surface area is 110 Å². The van der Waals surface area contributed by atoms with E-state index < -0.39 is 0 Å². The van der Waals surface area contributed by atoms with Crippen molar-refractivity contribution in [3.63, 3.8) is 0 Å². The number of halogens is 1. The molecule has 2 heteroatoms. The van der Waals surface area contributed by atoms with Crippen LogP contribution in [0, 0.1) is 3.57 Å². The second-order valence-corrected chi connectivity index (χ2v) is 5.08. The zero-order valence-electron chi connectivity index (χ0n) is 9.44. The number of hydrogen-bond acceptors (Lipinski definition) is 1. The minimum Gasteiger partial charge on any atom is -0.378 e. The van der Waals surface area contributed by atoms with Crippen molar-refractivity contribution in [1.29, 1.82) is 0 Å². The summed E-state index contributed by atoms with van der Waals surface area (Å²) in [7, 11) is 4.11. The molecule has 0 aromatic heterocycles. The molecular formula is C14H14IN. The van der Waals surface area contributed by atoms with Gasteiger partial charge in [-0.15, -0.1) is 0 Å². The first-order valence-electron chi connectivity index (χ1n) is 5.21. The van der Waals surface area contributed by atoms with Gasteiger partial charge in [0.25, 0.3) is 0 Å². The van der Waals surface area contributed by atoms with E-state index in [0.29, 0.717) is 0 Å². The molecule has 0 aliphatic carbocycles. The van der Waals surface area contributed by atoms with Crippen molar-refractivity contribution in [1.82, 2.24) is 0 Å². The first-order chi connectivity index (χ1) is 7.68. The fourth-order valence-corrected chi connectivity index (χ4v) is 2.33. The topological polar surface area (TPSA) is 3.24 Å². The molecule has 0 aliphatic heterocycles. The molecule has 0 saturated carbocycles. The quantitative estimate of drug-likeness (QED) is 0.755. The number of hydrogen-bond donors (Lipinski definition) is 0. The zero-order valence-corrected chi connectivity index (χ0v) is 11.6. The number of anilines is 1. The van der Waals surface area contributed by atoms with Crippen molar-refractivity contribution in [3.8, 4) is 11.1 Å². The summed E-state index contributed by atoms with van der Waals surface area (Å²) in [6.07, 6.45) is 0. The summed E-state index contributed by atoms with van der Waals surface area (Å²) in [5, 5.41) is 0. The zero-order chi connectivity index (χ0) is 11.5. The summed E-state index contributed by atoms with van der Waals surface area (Å²) in [4.78, 5) is 2.11. The summed E-state index contributed by atoms with van der Waals surface area (Å²) in [6, 6.07) is 17.1. The second-order valence-electron chi connectivity index (χ2n) is 3.92. The molecule has 0 bridgehead atoms. The molecule has 2 aromatic carbocycles. The Hall–Kier alpha value is -1.03. The van der Waals surface area contributed by atoms with Gasteiger partial charge in [-0.25, -0.2) is 0 Å². The molecule has 0 atom stereocenters. The van der Waals surface area contributed by atoms with E-state index >= 15 is 0 Å². The summed E-state index contributed by atoms with van der Waals surface area (Å²) in [5.74, 6) is 0. The molecule has 0 unspecified atom stereocenters. The standard InChI is InChI=1S/C14H14IN/c1-16(2)12-9-7-11(8-10-12)13-5-3-4-6-14(13)15/h3-10H,1-2H3. The Morgan fingerprint density at radius 3 is 2.06 bits per heavy atom. The smallest absolute Gasteiger partial charge is 0.0361 e. The molecule has 0 saturated heterocycles. The third-order valence-corrected chi connectivity index (χ3v) is 3.51. The molecule has 16 heavy (non-hydrogen) atoms. The van der Waals surface area contributed by atoms with E-state index in [9.17, 15) is 0 Å². The molecule has 82 valence electrons. The van der Waals surface area contributed by atoms with Crippen LogP contribution >= 0.6 is 22.6 Å². The minimum absolute atomic E-state index is 1.23. The Morgan fingerprint density at radius 2 is 1.50 bits per heavy atom. The monoisotopic (exact) mass is 323 g/mol. The first kappa shape index (κ1) is 11.5. The van der Waals surface area contributed by atoms with Gasteiger partial charge in [0, 0.05) is 23.4 Å². The predicted octanol–water partition coefficient (Wildman–Crippen LogP) is 4.02. The first-order valence-corrected chi connectivity index (χ1v) is 6.28. The van der Waals surface area contributed by atoms with Gasteiger partial charge in [0.15, 0.2) is 0 Å².